The Morgan fingerprint density at radius 2 is 1.96 bits per heavy atom. The second kappa shape index (κ2) is 11.3. The van der Waals surface area contributed by atoms with Crippen molar-refractivity contribution >= 4 is 39.8 Å². The summed E-state index contributed by atoms with van der Waals surface area (Å²) in [7, 11) is -1.47. The van der Waals surface area contributed by atoms with Gasteiger partial charge in [0.2, 0.25) is 0 Å². The van der Waals surface area contributed by atoms with E-state index in [0.717, 1.165) is 30.5 Å². The zero-order valence-electron chi connectivity index (χ0n) is 17.1. The summed E-state index contributed by atoms with van der Waals surface area (Å²) in [5.41, 5.74) is 1.47. The number of benzene rings is 1. The van der Waals surface area contributed by atoms with Crippen LogP contribution in [-0.4, -0.2) is 59.6 Å². The van der Waals surface area contributed by atoms with Crippen LogP contribution in [0, 0.1) is 6.92 Å². The Morgan fingerprint density at radius 1 is 1.29 bits per heavy atom. The van der Waals surface area contributed by atoms with E-state index in [4.69, 9.17) is 9.47 Å². The lowest BCUT2D eigenvalue weighted by molar-refractivity contribution is -0.0855. The van der Waals surface area contributed by atoms with Crippen LogP contribution >= 0.6 is 24.0 Å². The maximum atomic E-state index is 11.7. The summed E-state index contributed by atoms with van der Waals surface area (Å²) in [5.74, 6) is 0.713. The minimum Gasteiger partial charge on any atom is -0.381 e. The number of rotatable bonds is 7. The van der Waals surface area contributed by atoms with Crippen LogP contribution in [-0.2, 0) is 25.9 Å². The second-order valence-electron chi connectivity index (χ2n) is 6.92. The molecule has 0 unspecified atom stereocenters. The van der Waals surface area contributed by atoms with E-state index in [1.807, 2.05) is 19.1 Å². The fourth-order valence-electron chi connectivity index (χ4n) is 3.18. The third-order valence-corrected chi connectivity index (χ3v) is 6.07. The van der Waals surface area contributed by atoms with Crippen molar-refractivity contribution in [3.8, 4) is 0 Å². The number of nitrogens with zero attached hydrogens (tertiary/aromatic N) is 1. The van der Waals surface area contributed by atoms with E-state index in [1.54, 1.807) is 20.1 Å². The van der Waals surface area contributed by atoms with Crippen LogP contribution < -0.4 is 10.6 Å². The van der Waals surface area contributed by atoms with Gasteiger partial charge in [-0.25, -0.2) is 13.4 Å². The van der Waals surface area contributed by atoms with Gasteiger partial charge in [-0.05, 0) is 31.0 Å². The molecular weight excluding hydrogens is 493 g/mol. The molecule has 0 saturated carbocycles. The summed E-state index contributed by atoms with van der Waals surface area (Å²) < 4.78 is 34.7. The Labute approximate surface area is 185 Å². The quantitative estimate of drug-likeness (QED) is 0.323. The highest BCUT2D eigenvalue weighted by atomic mass is 127. The summed E-state index contributed by atoms with van der Waals surface area (Å²) in [6.07, 6.45) is 2.92. The molecule has 1 aliphatic rings. The number of hydrogen-bond acceptors (Lipinski definition) is 5. The van der Waals surface area contributed by atoms with E-state index >= 15 is 0 Å². The third kappa shape index (κ3) is 7.16. The number of guanidine groups is 1. The van der Waals surface area contributed by atoms with Gasteiger partial charge in [-0.1, -0.05) is 12.1 Å². The molecule has 1 aromatic carbocycles. The van der Waals surface area contributed by atoms with Gasteiger partial charge in [0, 0.05) is 52.5 Å². The van der Waals surface area contributed by atoms with E-state index in [2.05, 4.69) is 15.6 Å². The fraction of sp³-hybridized carbons (Fsp3) is 0.632. The highest BCUT2D eigenvalue weighted by molar-refractivity contribution is 14.0. The smallest absolute Gasteiger partial charge is 0.191 e. The number of methoxy groups -OCH3 is 1. The summed E-state index contributed by atoms with van der Waals surface area (Å²) in [5, 5.41) is 6.61. The van der Waals surface area contributed by atoms with Crippen molar-refractivity contribution in [1.82, 2.24) is 10.6 Å². The lowest BCUT2D eigenvalue weighted by atomic mass is 9.94. The van der Waals surface area contributed by atoms with E-state index < -0.39 is 9.84 Å². The molecule has 1 fully saturated rings. The fourth-order valence-corrected chi connectivity index (χ4v) is 4.14. The molecule has 1 heterocycles. The first-order valence-electron chi connectivity index (χ1n) is 9.24. The van der Waals surface area contributed by atoms with Crippen LogP contribution in [0.4, 0.5) is 0 Å². The molecule has 0 amide bonds. The minimum atomic E-state index is -3.21. The largest absolute Gasteiger partial charge is 0.381 e. The average Bonchev–Trinajstić information content (AvgIpc) is 2.64. The summed E-state index contributed by atoms with van der Waals surface area (Å²) in [6, 6.07) is 5.34. The molecule has 1 aliphatic heterocycles. The van der Waals surface area contributed by atoms with Gasteiger partial charge in [0.15, 0.2) is 15.8 Å². The molecule has 0 spiro atoms. The maximum absolute atomic E-state index is 11.7. The average molecular weight is 525 g/mol. The van der Waals surface area contributed by atoms with E-state index in [0.29, 0.717) is 37.2 Å². The standard InChI is InChI=1S/C19H31N3O4S.HI/c1-5-20-18(22-14-19(25-3)8-10-26-11-9-19)21-13-16-6-7-17(15(2)12-16)27(4,23)24;/h6-7,12H,5,8-11,13-14H2,1-4H3,(H2,20,21,22);1H. The van der Waals surface area contributed by atoms with Crippen molar-refractivity contribution in [3.05, 3.63) is 29.3 Å². The molecule has 28 heavy (non-hydrogen) atoms. The molecule has 0 aromatic heterocycles. The summed E-state index contributed by atoms with van der Waals surface area (Å²) in [4.78, 5) is 4.99. The van der Waals surface area contributed by atoms with Crippen molar-refractivity contribution in [2.75, 3.05) is 39.7 Å². The van der Waals surface area contributed by atoms with Gasteiger partial charge in [-0.15, -0.1) is 24.0 Å². The highest BCUT2D eigenvalue weighted by Crippen LogP contribution is 2.23. The Bertz CT molecular complexity index is 762. The minimum absolute atomic E-state index is 0. The third-order valence-electron chi connectivity index (χ3n) is 4.82. The number of nitrogens with one attached hydrogen (secondary N) is 2. The van der Waals surface area contributed by atoms with Crippen LogP contribution in [0.5, 0.6) is 0 Å². The topological polar surface area (TPSA) is 89.0 Å². The van der Waals surface area contributed by atoms with Crippen LogP contribution in [0.1, 0.15) is 30.9 Å². The second-order valence-corrected chi connectivity index (χ2v) is 8.90. The number of aliphatic imine (C=N–C) groups is 1. The van der Waals surface area contributed by atoms with Crippen LogP contribution in [0.3, 0.4) is 0 Å². The monoisotopic (exact) mass is 525 g/mol. The molecule has 0 aliphatic carbocycles. The van der Waals surface area contributed by atoms with Crippen LogP contribution in [0.2, 0.25) is 0 Å². The van der Waals surface area contributed by atoms with Gasteiger partial charge < -0.3 is 20.1 Å². The molecule has 1 saturated heterocycles. The number of aryl methyl sites for hydroxylation is 1. The molecule has 0 radical (unpaired) electrons. The first kappa shape index (κ1) is 25.1. The normalized spacial score (nSPS) is 16.9. The van der Waals surface area contributed by atoms with Crippen molar-refractivity contribution in [2.45, 2.75) is 43.7 Å². The first-order valence-corrected chi connectivity index (χ1v) is 11.1. The Morgan fingerprint density at radius 3 is 2.50 bits per heavy atom. The predicted molar refractivity (Wildman–Crippen MR) is 122 cm³/mol. The van der Waals surface area contributed by atoms with Crippen molar-refractivity contribution in [2.24, 2.45) is 4.99 Å². The van der Waals surface area contributed by atoms with Gasteiger partial charge in [0.05, 0.1) is 17.0 Å². The SMILES string of the molecule is CCNC(=NCc1ccc(S(C)(=O)=O)c(C)c1)NCC1(OC)CCOCC1.I. The summed E-state index contributed by atoms with van der Waals surface area (Å²) in [6.45, 7) is 7.10. The Kier molecular flexibility index (Phi) is 10.2. The van der Waals surface area contributed by atoms with Crippen LogP contribution in [0.15, 0.2) is 28.1 Å². The van der Waals surface area contributed by atoms with Crippen LogP contribution in [0.25, 0.3) is 0 Å². The highest BCUT2D eigenvalue weighted by Gasteiger charge is 2.32. The lowest BCUT2D eigenvalue weighted by Crippen LogP contribution is -2.50. The maximum Gasteiger partial charge on any atom is 0.191 e. The predicted octanol–water partition coefficient (Wildman–Crippen LogP) is 2.27. The molecule has 2 N–H and O–H groups in total. The zero-order valence-corrected chi connectivity index (χ0v) is 20.2. The number of sulfone groups is 1. The number of halogens is 1. The zero-order chi connectivity index (χ0) is 19.9. The van der Waals surface area contributed by atoms with Gasteiger partial charge in [-0.2, -0.15) is 0 Å². The van der Waals surface area contributed by atoms with E-state index in [-0.39, 0.29) is 29.6 Å². The molecule has 160 valence electrons. The first-order chi connectivity index (χ1) is 12.8. The molecule has 2 rings (SSSR count). The van der Waals surface area contributed by atoms with Gasteiger partial charge in [-0.3, -0.25) is 0 Å². The Balaban J connectivity index is 0.00000392. The van der Waals surface area contributed by atoms with Gasteiger partial charge >= 0.3 is 0 Å². The van der Waals surface area contributed by atoms with Crippen molar-refractivity contribution < 1.29 is 17.9 Å². The summed E-state index contributed by atoms with van der Waals surface area (Å²) >= 11 is 0. The van der Waals surface area contributed by atoms with Gasteiger partial charge in [0.1, 0.15) is 0 Å². The molecular formula is C19H32IN3O4S. The molecule has 9 heteroatoms. The van der Waals surface area contributed by atoms with Crippen molar-refractivity contribution in [3.63, 3.8) is 0 Å². The van der Waals surface area contributed by atoms with Gasteiger partial charge in [0.25, 0.3) is 0 Å². The van der Waals surface area contributed by atoms with E-state index in [9.17, 15) is 8.42 Å². The molecule has 1 aromatic rings. The molecule has 0 atom stereocenters. The molecule has 0 bridgehead atoms. The van der Waals surface area contributed by atoms with E-state index in [1.165, 1.54) is 6.26 Å². The number of ether oxygens (including phenoxy) is 2. The number of hydrogen-bond donors (Lipinski definition) is 2. The lowest BCUT2D eigenvalue weighted by Gasteiger charge is -2.36. The Hall–Kier alpha value is -0.910. The molecule has 7 nitrogen and oxygen atoms in total. The van der Waals surface area contributed by atoms with Crippen molar-refractivity contribution in [1.29, 1.82) is 0 Å².